The molecule has 2 saturated carbocycles. The van der Waals surface area contributed by atoms with Crippen LogP contribution in [0, 0.1) is 22.7 Å². The van der Waals surface area contributed by atoms with Gasteiger partial charge in [-0.2, -0.15) is 0 Å². The van der Waals surface area contributed by atoms with Gasteiger partial charge in [-0.05, 0) is 132 Å². The average Bonchev–Trinajstić information content (AvgIpc) is 4.05. The van der Waals surface area contributed by atoms with E-state index in [0.29, 0.717) is 11.8 Å². The summed E-state index contributed by atoms with van der Waals surface area (Å²) in [6.45, 7) is 13.9. The van der Waals surface area contributed by atoms with Crippen LogP contribution in [0.3, 0.4) is 0 Å². The Kier molecular flexibility index (Phi) is 15.1. The Bertz CT molecular complexity index is 2140. The fourth-order valence-electron chi connectivity index (χ4n) is 12.2. The lowest BCUT2D eigenvalue weighted by Gasteiger charge is -2.37. The number of hydrogen-bond acceptors (Lipinski definition) is 2. The SMILES string of the molecule is C=C(c1ccccc1)[C@@]12CC[C@@H](N=[N+]=[N-])C1CC(CCCCCC)=C2c1ccccc1.C=C(c1ccccc1)[C@@]12CC[C@H](N=[N+]=[N-])C1CC(CCCCCC)=C2c1ccccc1. The Morgan fingerprint density at radius 2 is 0.887 bits per heavy atom. The molecule has 2 unspecified atom stereocenters. The summed E-state index contributed by atoms with van der Waals surface area (Å²) < 4.78 is 0. The van der Waals surface area contributed by atoms with E-state index >= 15 is 0 Å². The molecule has 0 heterocycles. The van der Waals surface area contributed by atoms with Crippen molar-refractivity contribution in [3.05, 3.63) is 189 Å². The van der Waals surface area contributed by atoms with Gasteiger partial charge in [-0.3, -0.25) is 0 Å². The Balaban J connectivity index is 0.000000186. The van der Waals surface area contributed by atoms with Gasteiger partial charge in [0.15, 0.2) is 0 Å². The molecule has 8 rings (SSSR count). The Labute approximate surface area is 371 Å². The van der Waals surface area contributed by atoms with Crippen LogP contribution in [-0.4, -0.2) is 12.1 Å². The Morgan fingerprint density at radius 1 is 0.532 bits per heavy atom. The molecule has 320 valence electrons. The zero-order valence-corrected chi connectivity index (χ0v) is 37.3. The number of hydrogen-bond donors (Lipinski definition) is 0. The van der Waals surface area contributed by atoms with Crippen LogP contribution in [0.25, 0.3) is 43.2 Å². The van der Waals surface area contributed by atoms with E-state index in [2.05, 4.69) is 168 Å². The monoisotopic (exact) mass is 823 g/mol. The lowest BCUT2D eigenvalue weighted by Crippen LogP contribution is -2.28. The first-order valence-corrected chi connectivity index (χ1v) is 23.6. The molecule has 0 bridgehead atoms. The third-order valence-corrected chi connectivity index (χ3v) is 14.9. The van der Waals surface area contributed by atoms with Crippen molar-refractivity contribution in [1.29, 1.82) is 0 Å². The summed E-state index contributed by atoms with van der Waals surface area (Å²) in [5.41, 5.74) is 31.7. The minimum atomic E-state index is -0.151. The van der Waals surface area contributed by atoms with Crippen molar-refractivity contribution in [2.75, 3.05) is 0 Å². The van der Waals surface area contributed by atoms with Crippen LogP contribution in [0.4, 0.5) is 0 Å². The van der Waals surface area contributed by atoms with E-state index < -0.39 is 0 Å². The van der Waals surface area contributed by atoms with Gasteiger partial charge < -0.3 is 0 Å². The minimum Gasteiger partial charge on any atom is -0.0943 e. The predicted molar refractivity (Wildman–Crippen MR) is 261 cm³/mol. The zero-order valence-electron chi connectivity index (χ0n) is 37.3. The van der Waals surface area contributed by atoms with Crippen molar-refractivity contribution in [2.24, 2.45) is 32.9 Å². The summed E-state index contributed by atoms with van der Waals surface area (Å²) in [7, 11) is 0. The van der Waals surface area contributed by atoms with Gasteiger partial charge in [0.1, 0.15) is 0 Å². The first kappa shape index (κ1) is 44.5. The number of rotatable bonds is 18. The molecule has 6 nitrogen and oxygen atoms in total. The van der Waals surface area contributed by atoms with Crippen LogP contribution in [0.2, 0.25) is 0 Å². The number of allylic oxidation sites excluding steroid dienone is 6. The van der Waals surface area contributed by atoms with Crippen molar-refractivity contribution >= 4 is 22.3 Å². The topological polar surface area (TPSA) is 97.5 Å². The Hall–Kier alpha value is -5.54. The molecule has 4 aliphatic carbocycles. The highest BCUT2D eigenvalue weighted by Crippen LogP contribution is 2.68. The molecular formula is C56H66N6. The molecule has 4 aromatic carbocycles. The van der Waals surface area contributed by atoms with Crippen molar-refractivity contribution in [2.45, 2.75) is 129 Å². The minimum absolute atomic E-state index is 0.0392. The van der Waals surface area contributed by atoms with Gasteiger partial charge in [-0.15, -0.1) is 0 Å². The molecule has 0 aromatic heterocycles. The molecule has 62 heavy (non-hydrogen) atoms. The number of fused-ring (bicyclic) bond motifs is 2. The van der Waals surface area contributed by atoms with Gasteiger partial charge >= 0.3 is 0 Å². The lowest BCUT2D eigenvalue weighted by molar-refractivity contribution is 0.376. The highest BCUT2D eigenvalue weighted by Gasteiger charge is 2.58. The van der Waals surface area contributed by atoms with Gasteiger partial charge in [0.05, 0.1) is 0 Å². The number of benzene rings is 4. The largest absolute Gasteiger partial charge is 0.0943 e. The van der Waals surface area contributed by atoms with Gasteiger partial charge in [0.25, 0.3) is 0 Å². The van der Waals surface area contributed by atoms with Crippen molar-refractivity contribution in [3.63, 3.8) is 0 Å². The number of azide groups is 2. The summed E-state index contributed by atoms with van der Waals surface area (Å²) in [5, 5.41) is 8.54. The van der Waals surface area contributed by atoms with Crippen LogP contribution < -0.4 is 0 Å². The van der Waals surface area contributed by atoms with E-state index in [9.17, 15) is 11.1 Å². The maximum atomic E-state index is 9.26. The molecule has 0 saturated heterocycles. The Morgan fingerprint density at radius 3 is 1.23 bits per heavy atom. The van der Waals surface area contributed by atoms with E-state index in [4.69, 9.17) is 0 Å². The molecule has 6 atom stereocenters. The standard InChI is InChI=1S/2C28H33N3/c2*1-3-4-5-8-17-24-20-25-26(30-31-29)18-19-28(25,21(2)22-13-9-6-10-14-22)27(24)23-15-11-7-12-16-23/h2*6-7,9-16,25-26H,2-5,8,17-20H2,1H3/t25?,26-,28+;25?,26-,28-/m10/s1. The molecule has 2 fully saturated rings. The molecule has 6 heteroatoms. The first-order valence-electron chi connectivity index (χ1n) is 23.6. The highest BCUT2D eigenvalue weighted by molar-refractivity contribution is 5.91. The maximum absolute atomic E-state index is 9.26. The van der Waals surface area contributed by atoms with E-state index in [0.717, 1.165) is 51.4 Å². The molecule has 4 aromatic rings. The van der Waals surface area contributed by atoms with Crippen LogP contribution in [-0.2, 0) is 0 Å². The molecular weight excluding hydrogens is 757 g/mol. The third-order valence-electron chi connectivity index (χ3n) is 14.9. The second-order valence-electron chi connectivity index (χ2n) is 18.2. The third kappa shape index (κ3) is 8.87. The average molecular weight is 823 g/mol. The summed E-state index contributed by atoms with van der Waals surface area (Å²) in [6.07, 6.45) is 18.3. The maximum Gasteiger partial charge on any atom is 0.0417 e. The second-order valence-corrected chi connectivity index (χ2v) is 18.2. The summed E-state index contributed by atoms with van der Waals surface area (Å²) in [6, 6.07) is 43.1. The molecule has 0 amide bonds. The molecule has 0 aliphatic heterocycles. The lowest BCUT2D eigenvalue weighted by atomic mass is 9.66. The fourth-order valence-corrected chi connectivity index (χ4v) is 12.2. The quantitative estimate of drug-likeness (QED) is 0.0413. The van der Waals surface area contributed by atoms with Gasteiger partial charge in [-0.25, -0.2) is 0 Å². The van der Waals surface area contributed by atoms with E-state index in [-0.39, 0.29) is 22.9 Å². The van der Waals surface area contributed by atoms with Crippen LogP contribution >= 0.6 is 0 Å². The zero-order chi connectivity index (χ0) is 43.4. The first-order chi connectivity index (χ1) is 30.4. The normalized spacial score (nSPS) is 24.7. The summed E-state index contributed by atoms with van der Waals surface area (Å²) >= 11 is 0. The summed E-state index contributed by atoms with van der Waals surface area (Å²) in [5.74, 6) is 0.597. The van der Waals surface area contributed by atoms with E-state index in [1.54, 1.807) is 11.1 Å². The van der Waals surface area contributed by atoms with E-state index in [1.807, 2.05) is 0 Å². The van der Waals surface area contributed by atoms with Crippen LogP contribution in [0.1, 0.15) is 139 Å². The predicted octanol–water partition coefficient (Wildman–Crippen LogP) is 17.2. The summed E-state index contributed by atoms with van der Waals surface area (Å²) in [4.78, 5) is 6.45. The van der Waals surface area contributed by atoms with Crippen LogP contribution in [0.15, 0.2) is 156 Å². The highest BCUT2D eigenvalue weighted by atomic mass is 15.2. The molecule has 0 N–H and O–H groups in total. The van der Waals surface area contributed by atoms with Crippen molar-refractivity contribution in [3.8, 4) is 0 Å². The van der Waals surface area contributed by atoms with E-state index in [1.165, 1.54) is 95.9 Å². The van der Waals surface area contributed by atoms with Gasteiger partial charge in [-0.1, -0.05) is 208 Å². The van der Waals surface area contributed by atoms with Gasteiger partial charge in [0.2, 0.25) is 0 Å². The van der Waals surface area contributed by atoms with Crippen LogP contribution in [0.5, 0.6) is 0 Å². The fraction of sp³-hybridized carbons (Fsp3) is 0.429. The van der Waals surface area contributed by atoms with Gasteiger partial charge in [0, 0.05) is 32.7 Å². The molecule has 0 spiro atoms. The number of unbranched alkanes of at least 4 members (excludes halogenated alkanes) is 6. The number of nitrogens with zero attached hydrogens (tertiary/aromatic N) is 6. The smallest absolute Gasteiger partial charge is 0.0417 e. The molecule has 0 radical (unpaired) electrons. The van der Waals surface area contributed by atoms with Crippen molar-refractivity contribution < 1.29 is 0 Å². The van der Waals surface area contributed by atoms with Crippen molar-refractivity contribution in [1.82, 2.24) is 0 Å². The molecule has 4 aliphatic rings. The second kappa shape index (κ2) is 21.0.